The van der Waals surface area contributed by atoms with Crippen LogP contribution < -0.4 is 0 Å². The molecule has 0 fully saturated rings. The van der Waals surface area contributed by atoms with Crippen molar-refractivity contribution in [2.45, 2.75) is 65.5 Å². The van der Waals surface area contributed by atoms with Gasteiger partial charge >= 0.3 is 5.97 Å². The fourth-order valence-corrected chi connectivity index (χ4v) is 2.89. The molecule has 5 nitrogen and oxygen atoms in total. The number of esters is 1. The molecule has 0 unspecified atom stereocenters. The van der Waals surface area contributed by atoms with Gasteiger partial charge in [0, 0.05) is 17.8 Å². The number of nitrogens with zero attached hydrogens (tertiary/aromatic N) is 2. The molecule has 0 spiro atoms. The molecule has 0 aliphatic heterocycles. The van der Waals surface area contributed by atoms with E-state index in [4.69, 9.17) is 0 Å². The Morgan fingerprint density at radius 1 is 1.32 bits per heavy atom. The normalized spacial score (nSPS) is 10.8. The van der Waals surface area contributed by atoms with Gasteiger partial charge in [-0.25, -0.2) is 9.78 Å². The summed E-state index contributed by atoms with van der Waals surface area (Å²) in [6, 6.07) is 0.115. The van der Waals surface area contributed by atoms with Crippen molar-refractivity contribution >= 4 is 23.2 Å². The van der Waals surface area contributed by atoms with Crippen molar-refractivity contribution in [1.29, 1.82) is 0 Å². The Balaban J connectivity index is 2.61. The standard InChI is InChI=1S/C16H26N2O3S/c1-5-6-7-8-9-15(19)18(12(2)3)10-14-17-13(11-22-14)16(20)21-4/h11-12H,5-10H2,1-4H3. The zero-order valence-electron chi connectivity index (χ0n) is 13.9. The van der Waals surface area contributed by atoms with E-state index in [2.05, 4.69) is 16.6 Å². The van der Waals surface area contributed by atoms with Gasteiger partial charge in [-0.2, -0.15) is 0 Å². The second-order valence-electron chi connectivity index (χ2n) is 5.54. The van der Waals surface area contributed by atoms with Crippen molar-refractivity contribution in [1.82, 2.24) is 9.88 Å². The summed E-state index contributed by atoms with van der Waals surface area (Å²) in [5, 5.41) is 2.43. The van der Waals surface area contributed by atoms with Crippen LogP contribution in [0, 0.1) is 0 Å². The summed E-state index contributed by atoms with van der Waals surface area (Å²) in [6.45, 7) is 6.60. The van der Waals surface area contributed by atoms with E-state index in [0.29, 0.717) is 18.7 Å². The number of hydrogen-bond donors (Lipinski definition) is 0. The maximum absolute atomic E-state index is 12.4. The van der Waals surface area contributed by atoms with Crippen molar-refractivity contribution in [3.8, 4) is 0 Å². The molecular formula is C16H26N2O3S. The molecule has 124 valence electrons. The van der Waals surface area contributed by atoms with Crippen molar-refractivity contribution in [3.05, 3.63) is 16.1 Å². The highest BCUT2D eigenvalue weighted by atomic mass is 32.1. The zero-order valence-corrected chi connectivity index (χ0v) is 14.7. The lowest BCUT2D eigenvalue weighted by Gasteiger charge is -2.26. The van der Waals surface area contributed by atoms with Crippen LogP contribution in [0.4, 0.5) is 0 Å². The van der Waals surface area contributed by atoms with E-state index in [1.54, 1.807) is 5.38 Å². The first-order valence-electron chi connectivity index (χ1n) is 7.81. The molecule has 1 amide bonds. The largest absolute Gasteiger partial charge is 0.464 e. The molecule has 22 heavy (non-hydrogen) atoms. The summed E-state index contributed by atoms with van der Waals surface area (Å²) in [4.78, 5) is 29.9. The number of unbranched alkanes of at least 4 members (excludes halogenated alkanes) is 3. The Hall–Kier alpha value is -1.43. The molecule has 6 heteroatoms. The highest BCUT2D eigenvalue weighted by Gasteiger charge is 2.19. The van der Waals surface area contributed by atoms with Gasteiger partial charge in [0.05, 0.1) is 13.7 Å². The average molecular weight is 326 g/mol. The Labute approximate surface area is 136 Å². The molecule has 0 N–H and O–H groups in total. The van der Waals surface area contributed by atoms with Crippen molar-refractivity contribution in [3.63, 3.8) is 0 Å². The molecular weight excluding hydrogens is 300 g/mol. The second-order valence-corrected chi connectivity index (χ2v) is 6.49. The summed E-state index contributed by atoms with van der Waals surface area (Å²) in [7, 11) is 1.33. The molecule has 1 heterocycles. The quantitative estimate of drug-likeness (QED) is 0.513. The van der Waals surface area contributed by atoms with Crippen LogP contribution >= 0.6 is 11.3 Å². The predicted molar refractivity (Wildman–Crippen MR) is 87.9 cm³/mol. The smallest absolute Gasteiger partial charge is 0.357 e. The lowest BCUT2D eigenvalue weighted by molar-refractivity contribution is -0.133. The number of methoxy groups -OCH3 is 1. The number of carbonyl (C=O) groups excluding carboxylic acids is 2. The van der Waals surface area contributed by atoms with Crippen LogP contribution in [0.25, 0.3) is 0 Å². The molecule has 0 atom stereocenters. The topological polar surface area (TPSA) is 59.5 Å². The van der Waals surface area contributed by atoms with Gasteiger partial charge in [-0.3, -0.25) is 4.79 Å². The summed E-state index contributed by atoms with van der Waals surface area (Å²) >= 11 is 1.38. The number of ether oxygens (including phenoxy) is 1. The lowest BCUT2D eigenvalue weighted by Crippen LogP contribution is -2.36. The number of hydrogen-bond acceptors (Lipinski definition) is 5. The summed E-state index contributed by atoms with van der Waals surface area (Å²) in [5.74, 6) is -0.287. The molecule has 1 aromatic heterocycles. The minimum Gasteiger partial charge on any atom is -0.464 e. The van der Waals surface area contributed by atoms with E-state index in [1.165, 1.54) is 24.9 Å². The van der Waals surface area contributed by atoms with E-state index in [0.717, 1.165) is 24.3 Å². The summed E-state index contributed by atoms with van der Waals surface area (Å²) < 4.78 is 4.65. The van der Waals surface area contributed by atoms with Crippen LogP contribution in [0.3, 0.4) is 0 Å². The lowest BCUT2D eigenvalue weighted by atomic mass is 10.1. The monoisotopic (exact) mass is 326 g/mol. The fraction of sp³-hybridized carbons (Fsp3) is 0.688. The maximum Gasteiger partial charge on any atom is 0.357 e. The molecule has 1 rings (SSSR count). The number of aromatic nitrogens is 1. The second kappa shape index (κ2) is 9.56. The predicted octanol–water partition coefficient (Wildman–Crippen LogP) is 3.64. The van der Waals surface area contributed by atoms with E-state index >= 15 is 0 Å². The van der Waals surface area contributed by atoms with Gasteiger partial charge in [-0.05, 0) is 20.3 Å². The van der Waals surface area contributed by atoms with E-state index < -0.39 is 5.97 Å². The number of rotatable bonds is 9. The number of carbonyl (C=O) groups is 2. The molecule has 0 aromatic carbocycles. The van der Waals surface area contributed by atoms with Gasteiger partial charge in [0.1, 0.15) is 5.01 Å². The highest BCUT2D eigenvalue weighted by molar-refractivity contribution is 7.09. The molecule has 0 radical (unpaired) electrons. The van der Waals surface area contributed by atoms with Crippen LogP contribution in [0.1, 0.15) is 68.4 Å². The van der Waals surface area contributed by atoms with Gasteiger partial charge in [-0.1, -0.05) is 26.2 Å². The first-order valence-corrected chi connectivity index (χ1v) is 8.69. The average Bonchev–Trinajstić information content (AvgIpc) is 2.96. The number of amides is 1. The van der Waals surface area contributed by atoms with Crippen LogP contribution in [-0.4, -0.2) is 34.9 Å². The van der Waals surface area contributed by atoms with Gasteiger partial charge in [-0.15, -0.1) is 11.3 Å². The Morgan fingerprint density at radius 2 is 2.05 bits per heavy atom. The minimum atomic E-state index is -0.440. The van der Waals surface area contributed by atoms with Gasteiger partial charge < -0.3 is 9.64 Å². The summed E-state index contributed by atoms with van der Waals surface area (Å²) in [6.07, 6.45) is 4.94. The van der Waals surface area contributed by atoms with Gasteiger partial charge in [0.15, 0.2) is 5.69 Å². The van der Waals surface area contributed by atoms with Crippen molar-refractivity contribution in [2.24, 2.45) is 0 Å². The third kappa shape index (κ3) is 5.75. The van der Waals surface area contributed by atoms with Crippen molar-refractivity contribution in [2.75, 3.05) is 7.11 Å². The summed E-state index contributed by atoms with van der Waals surface area (Å²) in [5.41, 5.74) is 0.307. The molecule has 1 aromatic rings. The Kier molecular flexibility index (Phi) is 8.09. The third-order valence-corrected chi connectivity index (χ3v) is 4.27. The zero-order chi connectivity index (χ0) is 16.5. The minimum absolute atomic E-state index is 0.115. The first-order chi connectivity index (χ1) is 10.5. The van der Waals surface area contributed by atoms with Gasteiger partial charge in [0.25, 0.3) is 0 Å². The van der Waals surface area contributed by atoms with E-state index in [1.807, 2.05) is 18.7 Å². The molecule has 0 aliphatic carbocycles. The molecule has 0 saturated heterocycles. The van der Waals surface area contributed by atoms with Crippen LogP contribution in [-0.2, 0) is 16.1 Å². The highest BCUT2D eigenvalue weighted by Crippen LogP contribution is 2.16. The van der Waals surface area contributed by atoms with Crippen molar-refractivity contribution < 1.29 is 14.3 Å². The first kappa shape index (κ1) is 18.6. The van der Waals surface area contributed by atoms with Crippen LogP contribution in [0.15, 0.2) is 5.38 Å². The van der Waals surface area contributed by atoms with Crippen LogP contribution in [0.2, 0.25) is 0 Å². The third-order valence-electron chi connectivity index (χ3n) is 3.44. The van der Waals surface area contributed by atoms with E-state index in [9.17, 15) is 9.59 Å². The SMILES string of the molecule is CCCCCCC(=O)N(Cc1nc(C(=O)OC)cs1)C(C)C. The molecule has 0 bridgehead atoms. The Morgan fingerprint density at radius 3 is 2.64 bits per heavy atom. The van der Waals surface area contributed by atoms with Crippen LogP contribution in [0.5, 0.6) is 0 Å². The molecule has 0 saturated carbocycles. The molecule has 0 aliphatic rings. The number of thiazole rings is 1. The van der Waals surface area contributed by atoms with Gasteiger partial charge in [0.2, 0.25) is 5.91 Å². The maximum atomic E-state index is 12.4. The Bertz CT molecular complexity index is 485. The van der Waals surface area contributed by atoms with E-state index in [-0.39, 0.29) is 11.9 Å². The fourth-order valence-electron chi connectivity index (χ4n) is 2.13.